The van der Waals surface area contributed by atoms with Gasteiger partial charge in [0.25, 0.3) is 0 Å². The van der Waals surface area contributed by atoms with Gasteiger partial charge in [-0.15, -0.1) is 0 Å². The lowest BCUT2D eigenvalue weighted by atomic mass is 9.78. The quantitative estimate of drug-likeness (QED) is 0.539. The van der Waals surface area contributed by atoms with Crippen molar-refractivity contribution in [3.05, 3.63) is 0 Å². The van der Waals surface area contributed by atoms with Crippen molar-refractivity contribution in [2.45, 2.75) is 0 Å². The summed E-state index contributed by atoms with van der Waals surface area (Å²) in [4.78, 5) is 7.13. The van der Waals surface area contributed by atoms with E-state index in [1.54, 1.807) is 7.11 Å². The molecule has 2 heterocycles. The molecule has 0 amide bonds. The standard InChI is InChI=1S/C8H15N3O/c1-11-5-8(6-11)4-9-3-7(8)10-12-2/h9H,3-6H2,1-2H3/b10-7+. The van der Waals surface area contributed by atoms with E-state index in [1.807, 2.05) is 0 Å². The minimum absolute atomic E-state index is 0.296. The molecule has 0 aliphatic carbocycles. The van der Waals surface area contributed by atoms with Gasteiger partial charge in [0, 0.05) is 26.2 Å². The Labute approximate surface area is 72.6 Å². The monoisotopic (exact) mass is 169 g/mol. The van der Waals surface area contributed by atoms with Crippen LogP contribution in [0.4, 0.5) is 0 Å². The fourth-order valence-electron chi connectivity index (χ4n) is 2.23. The molecule has 12 heavy (non-hydrogen) atoms. The first-order chi connectivity index (χ1) is 5.77. The van der Waals surface area contributed by atoms with Crippen LogP contribution in [0, 0.1) is 5.41 Å². The van der Waals surface area contributed by atoms with E-state index in [1.165, 1.54) is 5.71 Å². The summed E-state index contributed by atoms with van der Waals surface area (Å²) in [5.74, 6) is 0. The molecule has 4 nitrogen and oxygen atoms in total. The van der Waals surface area contributed by atoms with Crippen molar-refractivity contribution in [1.29, 1.82) is 0 Å². The molecule has 2 aliphatic rings. The smallest absolute Gasteiger partial charge is 0.106 e. The van der Waals surface area contributed by atoms with E-state index >= 15 is 0 Å². The Morgan fingerprint density at radius 1 is 1.58 bits per heavy atom. The van der Waals surface area contributed by atoms with E-state index in [9.17, 15) is 0 Å². The molecule has 0 aromatic rings. The minimum atomic E-state index is 0.296. The zero-order valence-electron chi connectivity index (χ0n) is 7.63. The molecular weight excluding hydrogens is 154 g/mol. The Bertz CT molecular complexity index is 208. The molecule has 0 radical (unpaired) electrons. The van der Waals surface area contributed by atoms with Crippen LogP contribution in [0.3, 0.4) is 0 Å². The molecule has 0 aromatic carbocycles. The lowest BCUT2D eigenvalue weighted by Crippen LogP contribution is -2.58. The normalized spacial score (nSPS) is 31.0. The third-order valence-corrected chi connectivity index (χ3v) is 2.71. The van der Waals surface area contributed by atoms with Crippen LogP contribution in [-0.2, 0) is 4.84 Å². The van der Waals surface area contributed by atoms with Crippen LogP contribution in [0.25, 0.3) is 0 Å². The van der Waals surface area contributed by atoms with Gasteiger partial charge in [-0.25, -0.2) is 0 Å². The van der Waals surface area contributed by atoms with Crippen LogP contribution in [0.2, 0.25) is 0 Å². The molecule has 2 rings (SSSR count). The Balaban J connectivity index is 2.10. The van der Waals surface area contributed by atoms with Gasteiger partial charge >= 0.3 is 0 Å². The van der Waals surface area contributed by atoms with E-state index in [0.29, 0.717) is 5.41 Å². The van der Waals surface area contributed by atoms with Crippen LogP contribution in [-0.4, -0.2) is 50.9 Å². The zero-order valence-corrected chi connectivity index (χ0v) is 7.63. The summed E-state index contributed by atoms with van der Waals surface area (Å²) < 4.78 is 0. The Kier molecular flexibility index (Phi) is 1.81. The van der Waals surface area contributed by atoms with Crippen molar-refractivity contribution in [2.75, 3.05) is 40.3 Å². The SMILES string of the molecule is CO/N=C1\CNCC12CN(C)C2. The number of nitrogens with one attached hydrogen (secondary N) is 1. The van der Waals surface area contributed by atoms with Crippen LogP contribution in [0.5, 0.6) is 0 Å². The molecule has 2 aliphatic heterocycles. The molecular formula is C8H15N3O. The number of rotatable bonds is 1. The second-order valence-corrected chi connectivity index (χ2v) is 3.78. The highest BCUT2D eigenvalue weighted by atomic mass is 16.6. The molecule has 4 heteroatoms. The summed E-state index contributed by atoms with van der Waals surface area (Å²) in [5.41, 5.74) is 1.48. The maximum Gasteiger partial charge on any atom is 0.106 e. The highest BCUT2D eigenvalue weighted by Crippen LogP contribution is 2.33. The van der Waals surface area contributed by atoms with E-state index in [4.69, 9.17) is 4.84 Å². The molecule has 0 atom stereocenters. The third-order valence-electron chi connectivity index (χ3n) is 2.71. The predicted molar refractivity (Wildman–Crippen MR) is 47.2 cm³/mol. The second-order valence-electron chi connectivity index (χ2n) is 3.78. The highest BCUT2D eigenvalue weighted by Gasteiger charge is 2.48. The van der Waals surface area contributed by atoms with Gasteiger partial charge < -0.3 is 15.1 Å². The van der Waals surface area contributed by atoms with E-state index < -0.39 is 0 Å². The van der Waals surface area contributed by atoms with Gasteiger partial charge in [-0.2, -0.15) is 0 Å². The average molecular weight is 169 g/mol. The molecule has 0 unspecified atom stereocenters. The first-order valence-electron chi connectivity index (χ1n) is 4.27. The molecule has 1 N–H and O–H groups in total. The van der Waals surface area contributed by atoms with Gasteiger partial charge in [0.05, 0.1) is 11.1 Å². The van der Waals surface area contributed by atoms with Gasteiger partial charge in [-0.1, -0.05) is 5.16 Å². The molecule has 0 saturated carbocycles. The zero-order chi connectivity index (χ0) is 8.60. The predicted octanol–water partition coefficient (Wildman–Crippen LogP) is -0.476. The second kappa shape index (κ2) is 2.71. The Hall–Kier alpha value is -0.610. The summed E-state index contributed by atoms with van der Waals surface area (Å²) >= 11 is 0. The summed E-state index contributed by atoms with van der Waals surface area (Å²) in [6.45, 7) is 4.17. The molecule has 2 fully saturated rings. The first kappa shape index (κ1) is 8.01. The minimum Gasteiger partial charge on any atom is -0.399 e. The van der Waals surface area contributed by atoms with Gasteiger partial charge in [0.2, 0.25) is 0 Å². The van der Waals surface area contributed by atoms with E-state index in [0.717, 1.165) is 26.2 Å². The number of likely N-dealkylation sites (tertiary alicyclic amines) is 1. The first-order valence-corrected chi connectivity index (χ1v) is 4.27. The summed E-state index contributed by atoms with van der Waals surface area (Å²) in [5, 5.41) is 7.39. The third kappa shape index (κ3) is 1.03. The van der Waals surface area contributed by atoms with Gasteiger partial charge in [0.15, 0.2) is 0 Å². The molecule has 2 saturated heterocycles. The number of nitrogens with zero attached hydrogens (tertiary/aromatic N) is 2. The van der Waals surface area contributed by atoms with Gasteiger partial charge in [0.1, 0.15) is 7.11 Å². The van der Waals surface area contributed by atoms with Crippen LogP contribution in [0.15, 0.2) is 5.16 Å². The topological polar surface area (TPSA) is 36.9 Å². The number of hydrogen-bond donors (Lipinski definition) is 1. The Morgan fingerprint density at radius 3 is 2.92 bits per heavy atom. The largest absolute Gasteiger partial charge is 0.399 e. The number of hydrogen-bond acceptors (Lipinski definition) is 4. The van der Waals surface area contributed by atoms with Crippen LogP contribution >= 0.6 is 0 Å². The molecule has 0 bridgehead atoms. The van der Waals surface area contributed by atoms with Crippen LogP contribution < -0.4 is 5.32 Å². The highest BCUT2D eigenvalue weighted by molar-refractivity contribution is 5.95. The fourth-order valence-corrected chi connectivity index (χ4v) is 2.23. The van der Waals surface area contributed by atoms with E-state index in [-0.39, 0.29) is 0 Å². The Morgan fingerprint density at radius 2 is 2.33 bits per heavy atom. The average Bonchev–Trinajstić information content (AvgIpc) is 2.34. The summed E-state index contributed by atoms with van der Waals surface area (Å²) in [6, 6.07) is 0. The van der Waals surface area contributed by atoms with Gasteiger partial charge in [-0.05, 0) is 7.05 Å². The maximum absolute atomic E-state index is 4.82. The molecule has 1 spiro atoms. The maximum atomic E-state index is 4.82. The lowest BCUT2D eigenvalue weighted by Gasteiger charge is -2.45. The summed E-state index contributed by atoms with van der Waals surface area (Å²) in [7, 11) is 3.75. The van der Waals surface area contributed by atoms with Crippen molar-refractivity contribution in [1.82, 2.24) is 10.2 Å². The van der Waals surface area contributed by atoms with Crippen molar-refractivity contribution < 1.29 is 4.84 Å². The van der Waals surface area contributed by atoms with Crippen LogP contribution in [0.1, 0.15) is 0 Å². The molecule has 68 valence electrons. The lowest BCUT2D eigenvalue weighted by molar-refractivity contribution is 0.0893. The van der Waals surface area contributed by atoms with E-state index in [2.05, 4.69) is 22.4 Å². The van der Waals surface area contributed by atoms with Gasteiger partial charge in [-0.3, -0.25) is 0 Å². The van der Waals surface area contributed by atoms with Crippen molar-refractivity contribution in [2.24, 2.45) is 10.6 Å². The van der Waals surface area contributed by atoms with Crippen molar-refractivity contribution >= 4 is 5.71 Å². The van der Waals surface area contributed by atoms with Crippen molar-refractivity contribution in [3.8, 4) is 0 Å². The fraction of sp³-hybridized carbons (Fsp3) is 0.875. The van der Waals surface area contributed by atoms with Crippen molar-refractivity contribution in [3.63, 3.8) is 0 Å². The summed E-state index contributed by atoms with van der Waals surface area (Å²) in [6.07, 6.45) is 0. The molecule has 0 aromatic heterocycles. The number of oxime groups is 1.